The fourth-order valence-electron chi connectivity index (χ4n) is 3.73. The van der Waals surface area contributed by atoms with Gasteiger partial charge in [0.25, 0.3) is 0 Å². The van der Waals surface area contributed by atoms with Gasteiger partial charge in [-0.05, 0) is 24.3 Å². The number of carbonyl (C=O) groups excluding carboxylic acids is 1. The number of ether oxygens (including phenoxy) is 2. The lowest BCUT2D eigenvalue weighted by atomic mass is 10.1. The molecule has 1 N–H and O–H groups in total. The van der Waals surface area contributed by atoms with Gasteiger partial charge in [-0.3, -0.25) is 14.7 Å². The van der Waals surface area contributed by atoms with Crippen LogP contribution in [-0.4, -0.2) is 35.1 Å². The number of anilines is 2. The van der Waals surface area contributed by atoms with Crippen LogP contribution in [0.25, 0.3) is 11.0 Å². The fourth-order valence-corrected chi connectivity index (χ4v) is 3.73. The summed E-state index contributed by atoms with van der Waals surface area (Å²) in [5.74, 6) is 1.03. The Labute approximate surface area is 166 Å². The normalized spacial score (nSPS) is 15.6. The number of fused-ring (bicyclic) bond motifs is 2. The molecule has 0 bridgehead atoms. The second-order valence-electron chi connectivity index (χ2n) is 6.72. The Kier molecular flexibility index (Phi) is 3.94. The van der Waals surface area contributed by atoms with Gasteiger partial charge in [-0.15, -0.1) is 0 Å². The summed E-state index contributed by atoms with van der Waals surface area (Å²) in [6.45, 7) is 0. The number of aromatic amines is 1. The van der Waals surface area contributed by atoms with E-state index in [0.717, 1.165) is 16.7 Å². The zero-order chi connectivity index (χ0) is 20.0. The summed E-state index contributed by atoms with van der Waals surface area (Å²) in [5.41, 5.74) is 3.74. The first-order chi connectivity index (χ1) is 14.2. The minimum atomic E-state index is -0.615. The highest BCUT2D eigenvalue weighted by molar-refractivity contribution is 6.11. The number of benzene rings is 2. The molecule has 0 aliphatic carbocycles. The molecule has 4 aromatic rings. The van der Waals surface area contributed by atoms with E-state index in [-0.39, 0.29) is 5.91 Å². The van der Waals surface area contributed by atoms with E-state index in [1.54, 1.807) is 43.5 Å². The maximum absolute atomic E-state index is 13.6. The molecule has 3 heterocycles. The van der Waals surface area contributed by atoms with Gasteiger partial charge in [-0.1, -0.05) is 12.1 Å². The third-order valence-corrected chi connectivity index (χ3v) is 5.07. The van der Waals surface area contributed by atoms with E-state index in [9.17, 15) is 4.79 Å². The van der Waals surface area contributed by atoms with E-state index in [1.165, 1.54) is 0 Å². The minimum absolute atomic E-state index is 0.131. The number of nitrogens with one attached hydrogen (secondary N) is 1. The molecule has 2 aromatic carbocycles. The second kappa shape index (κ2) is 6.63. The summed E-state index contributed by atoms with van der Waals surface area (Å²) in [6, 6.07) is 16.8. The number of carbonyl (C=O) groups is 1. The van der Waals surface area contributed by atoms with Crippen LogP contribution in [0.4, 0.5) is 11.4 Å². The van der Waals surface area contributed by atoms with E-state index in [2.05, 4.69) is 15.0 Å². The van der Waals surface area contributed by atoms with Gasteiger partial charge >= 0.3 is 0 Å². The zero-order valence-corrected chi connectivity index (χ0v) is 15.9. The Balaban J connectivity index is 1.67. The lowest BCUT2D eigenvalue weighted by Gasteiger charge is -2.19. The molecule has 0 radical (unpaired) electrons. The molecule has 2 aromatic heterocycles. The van der Waals surface area contributed by atoms with E-state index >= 15 is 0 Å². The number of hydrogen-bond donors (Lipinski definition) is 1. The molecule has 7 nitrogen and oxygen atoms in total. The lowest BCUT2D eigenvalue weighted by Crippen LogP contribution is -2.25. The van der Waals surface area contributed by atoms with Crippen molar-refractivity contribution in [3.05, 3.63) is 72.3 Å². The molecular formula is C22H18N4O3. The number of pyridine rings is 1. The molecule has 144 valence electrons. The number of methoxy groups -OCH3 is 2. The number of nitrogens with zero attached hydrogens (tertiary/aromatic N) is 3. The first-order valence-corrected chi connectivity index (χ1v) is 9.16. The molecule has 7 heteroatoms. The van der Waals surface area contributed by atoms with Crippen LogP contribution >= 0.6 is 0 Å². The highest BCUT2D eigenvalue weighted by Crippen LogP contribution is 2.44. The largest absolute Gasteiger partial charge is 0.497 e. The third-order valence-electron chi connectivity index (χ3n) is 5.07. The molecule has 1 amide bonds. The number of rotatable bonds is 4. The van der Waals surface area contributed by atoms with Crippen molar-refractivity contribution in [2.75, 3.05) is 19.1 Å². The minimum Gasteiger partial charge on any atom is -0.497 e. The van der Waals surface area contributed by atoms with Gasteiger partial charge in [0.05, 0.1) is 42.3 Å². The first-order valence-electron chi connectivity index (χ1n) is 9.16. The SMILES string of the molecule is COc1cc(OC)cc(N2C(=O)C(c3nc4ccccc4[nH]3)c3ncccc32)c1. The second-order valence-corrected chi connectivity index (χ2v) is 6.72. The van der Waals surface area contributed by atoms with Crippen LogP contribution in [0.15, 0.2) is 60.8 Å². The Morgan fingerprint density at radius 2 is 1.76 bits per heavy atom. The van der Waals surface area contributed by atoms with Gasteiger partial charge < -0.3 is 14.5 Å². The van der Waals surface area contributed by atoms with Gasteiger partial charge in [-0.2, -0.15) is 0 Å². The van der Waals surface area contributed by atoms with Crippen molar-refractivity contribution in [2.45, 2.75) is 5.92 Å². The molecule has 29 heavy (non-hydrogen) atoms. The predicted octanol–water partition coefficient (Wildman–Crippen LogP) is 3.79. The zero-order valence-electron chi connectivity index (χ0n) is 15.9. The predicted molar refractivity (Wildman–Crippen MR) is 109 cm³/mol. The third kappa shape index (κ3) is 2.70. The smallest absolute Gasteiger partial charge is 0.248 e. The van der Waals surface area contributed by atoms with Crippen molar-refractivity contribution in [1.29, 1.82) is 0 Å². The number of H-pyrrole nitrogens is 1. The van der Waals surface area contributed by atoms with Crippen LogP contribution < -0.4 is 14.4 Å². The molecule has 1 unspecified atom stereocenters. The molecule has 0 saturated carbocycles. The van der Waals surface area contributed by atoms with Crippen LogP contribution in [0, 0.1) is 0 Å². The number of para-hydroxylation sites is 2. The van der Waals surface area contributed by atoms with Gasteiger partial charge in [0.1, 0.15) is 23.2 Å². The molecule has 0 spiro atoms. The maximum atomic E-state index is 13.6. The van der Waals surface area contributed by atoms with Gasteiger partial charge in [0.15, 0.2) is 0 Å². The first kappa shape index (κ1) is 17.2. The fraction of sp³-hybridized carbons (Fsp3) is 0.136. The van der Waals surface area contributed by atoms with E-state index in [4.69, 9.17) is 9.47 Å². The Bertz CT molecular complexity index is 1180. The summed E-state index contributed by atoms with van der Waals surface area (Å²) >= 11 is 0. The Hall–Kier alpha value is -3.87. The van der Waals surface area contributed by atoms with Crippen LogP contribution in [-0.2, 0) is 4.79 Å². The van der Waals surface area contributed by atoms with Crippen molar-refractivity contribution < 1.29 is 14.3 Å². The average molecular weight is 386 g/mol. The van der Waals surface area contributed by atoms with Crippen molar-refractivity contribution in [3.63, 3.8) is 0 Å². The van der Waals surface area contributed by atoms with E-state index in [0.29, 0.717) is 28.7 Å². The summed E-state index contributed by atoms with van der Waals surface area (Å²) in [4.78, 5) is 27.7. The number of aromatic nitrogens is 3. The topological polar surface area (TPSA) is 80.3 Å². The number of hydrogen-bond acceptors (Lipinski definition) is 5. The van der Waals surface area contributed by atoms with Crippen LogP contribution in [0.2, 0.25) is 0 Å². The molecule has 1 atom stereocenters. The molecule has 5 rings (SSSR count). The van der Waals surface area contributed by atoms with Crippen LogP contribution in [0.3, 0.4) is 0 Å². The monoisotopic (exact) mass is 386 g/mol. The summed E-state index contributed by atoms with van der Waals surface area (Å²) < 4.78 is 10.8. The summed E-state index contributed by atoms with van der Waals surface area (Å²) in [6.07, 6.45) is 1.69. The molecule has 0 saturated heterocycles. The van der Waals surface area contributed by atoms with Gasteiger partial charge in [-0.25, -0.2) is 4.98 Å². The van der Waals surface area contributed by atoms with E-state index in [1.807, 2.05) is 36.4 Å². The maximum Gasteiger partial charge on any atom is 0.248 e. The highest BCUT2D eigenvalue weighted by atomic mass is 16.5. The number of imidazole rings is 1. The molecule has 1 aliphatic rings. The van der Waals surface area contributed by atoms with Crippen molar-refractivity contribution in [1.82, 2.24) is 15.0 Å². The standard InChI is InChI=1S/C22H18N4O3/c1-28-14-10-13(11-15(12-14)29-2)26-18-8-5-9-23-20(18)19(22(26)27)21-24-16-6-3-4-7-17(16)25-21/h3-12,19H,1-2H3,(H,24,25). The van der Waals surface area contributed by atoms with Crippen LogP contribution in [0.1, 0.15) is 17.4 Å². The van der Waals surface area contributed by atoms with Crippen molar-refractivity contribution >= 4 is 28.3 Å². The molecule has 0 fully saturated rings. The molecular weight excluding hydrogens is 368 g/mol. The quantitative estimate of drug-likeness (QED) is 0.577. The summed E-state index contributed by atoms with van der Waals surface area (Å²) in [7, 11) is 3.16. The van der Waals surface area contributed by atoms with Gasteiger partial charge in [0, 0.05) is 24.4 Å². The Morgan fingerprint density at radius 3 is 2.48 bits per heavy atom. The van der Waals surface area contributed by atoms with Gasteiger partial charge in [0.2, 0.25) is 5.91 Å². The summed E-state index contributed by atoms with van der Waals surface area (Å²) in [5, 5.41) is 0. The van der Waals surface area contributed by atoms with E-state index < -0.39 is 5.92 Å². The Morgan fingerprint density at radius 1 is 1.00 bits per heavy atom. The number of amides is 1. The lowest BCUT2D eigenvalue weighted by molar-refractivity contribution is -0.118. The molecule has 1 aliphatic heterocycles. The van der Waals surface area contributed by atoms with Crippen molar-refractivity contribution in [3.8, 4) is 11.5 Å². The van der Waals surface area contributed by atoms with Crippen LogP contribution in [0.5, 0.6) is 11.5 Å². The average Bonchev–Trinajstić information content (AvgIpc) is 3.30. The highest BCUT2D eigenvalue weighted by Gasteiger charge is 2.42. The van der Waals surface area contributed by atoms with Crippen molar-refractivity contribution in [2.24, 2.45) is 0 Å².